The van der Waals surface area contributed by atoms with E-state index in [1.807, 2.05) is 6.92 Å². The van der Waals surface area contributed by atoms with E-state index in [0.717, 1.165) is 30.6 Å². The second-order valence-corrected chi connectivity index (χ2v) is 9.97. The van der Waals surface area contributed by atoms with Crippen LogP contribution < -0.4 is 0 Å². The van der Waals surface area contributed by atoms with Gasteiger partial charge in [0.15, 0.2) is 0 Å². The SMILES string of the molecule is CCCC1CCC(C2CCC(C#CC3CCC(C(=O)CC)C(O)C3)CC2)CC1. The summed E-state index contributed by atoms with van der Waals surface area (Å²) in [6, 6.07) is 0. The van der Waals surface area contributed by atoms with Crippen molar-refractivity contribution in [3.63, 3.8) is 0 Å². The van der Waals surface area contributed by atoms with Crippen LogP contribution in [0, 0.1) is 47.3 Å². The Hall–Kier alpha value is -0.810. The molecule has 0 bridgehead atoms. The molecule has 158 valence electrons. The molecule has 0 amide bonds. The average Bonchev–Trinajstić information content (AvgIpc) is 2.73. The fourth-order valence-corrected chi connectivity index (χ4v) is 6.24. The van der Waals surface area contributed by atoms with Gasteiger partial charge in [-0.3, -0.25) is 4.79 Å². The van der Waals surface area contributed by atoms with Crippen molar-refractivity contribution in [2.24, 2.45) is 35.5 Å². The molecule has 28 heavy (non-hydrogen) atoms. The molecule has 1 N–H and O–H groups in total. The molecule has 3 rings (SSSR count). The highest BCUT2D eigenvalue weighted by molar-refractivity contribution is 5.81. The average molecular weight is 387 g/mol. The van der Waals surface area contributed by atoms with Gasteiger partial charge in [-0.15, -0.1) is 0 Å². The number of aliphatic hydroxyl groups excluding tert-OH is 1. The summed E-state index contributed by atoms with van der Waals surface area (Å²) >= 11 is 0. The number of Topliss-reactive ketones (excluding diaryl/α,β-unsaturated/α-hetero) is 1. The van der Waals surface area contributed by atoms with E-state index in [4.69, 9.17) is 0 Å². The van der Waals surface area contributed by atoms with Gasteiger partial charge in [-0.05, 0) is 75.5 Å². The van der Waals surface area contributed by atoms with Crippen LogP contribution >= 0.6 is 0 Å². The summed E-state index contributed by atoms with van der Waals surface area (Å²) in [5, 5.41) is 10.3. The first-order valence-electron chi connectivity index (χ1n) is 12.3. The summed E-state index contributed by atoms with van der Waals surface area (Å²) in [7, 11) is 0. The van der Waals surface area contributed by atoms with E-state index in [-0.39, 0.29) is 11.7 Å². The number of rotatable bonds is 5. The molecule has 3 atom stereocenters. The molecule has 0 radical (unpaired) electrons. The minimum absolute atomic E-state index is 0.133. The summed E-state index contributed by atoms with van der Waals surface area (Å²) in [5.41, 5.74) is 0. The first-order valence-corrected chi connectivity index (χ1v) is 12.3. The lowest BCUT2D eigenvalue weighted by Gasteiger charge is -2.37. The molecule has 0 aromatic heterocycles. The predicted molar refractivity (Wildman–Crippen MR) is 116 cm³/mol. The second kappa shape index (κ2) is 10.8. The zero-order valence-corrected chi connectivity index (χ0v) is 18.3. The van der Waals surface area contributed by atoms with Crippen LogP contribution in [0.4, 0.5) is 0 Å². The number of aliphatic hydroxyl groups is 1. The van der Waals surface area contributed by atoms with E-state index in [2.05, 4.69) is 18.8 Å². The number of hydrogen-bond donors (Lipinski definition) is 1. The van der Waals surface area contributed by atoms with Crippen molar-refractivity contribution in [2.75, 3.05) is 0 Å². The van der Waals surface area contributed by atoms with E-state index >= 15 is 0 Å². The zero-order valence-electron chi connectivity index (χ0n) is 18.3. The smallest absolute Gasteiger partial charge is 0.138 e. The first kappa shape index (κ1) is 21.9. The van der Waals surface area contributed by atoms with Crippen molar-refractivity contribution in [3.05, 3.63) is 0 Å². The third-order valence-electron chi connectivity index (χ3n) is 8.10. The van der Waals surface area contributed by atoms with Crippen LogP contribution in [0.25, 0.3) is 0 Å². The molecule has 0 aliphatic heterocycles. The van der Waals surface area contributed by atoms with Crippen LogP contribution in [0.2, 0.25) is 0 Å². The molecule has 0 spiro atoms. The molecule has 3 fully saturated rings. The van der Waals surface area contributed by atoms with Crippen LogP contribution in [0.1, 0.15) is 104 Å². The molecule has 3 saturated carbocycles. The molecule has 0 heterocycles. The molecule has 3 unspecified atom stereocenters. The summed E-state index contributed by atoms with van der Waals surface area (Å²) in [6.07, 6.45) is 16.6. The maximum atomic E-state index is 11.9. The summed E-state index contributed by atoms with van der Waals surface area (Å²) in [5.74, 6) is 11.0. The van der Waals surface area contributed by atoms with E-state index in [1.54, 1.807) is 0 Å². The Balaban J connectivity index is 1.39. The van der Waals surface area contributed by atoms with Gasteiger partial charge in [0.1, 0.15) is 5.78 Å². The largest absolute Gasteiger partial charge is 0.392 e. The Labute approximate surface area is 173 Å². The van der Waals surface area contributed by atoms with Gasteiger partial charge in [0.2, 0.25) is 0 Å². The fourth-order valence-electron chi connectivity index (χ4n) is 6.24. The quantitative estimate of drug-likeness (QED) is 0.575. The molecule has 2 heteroatoms. The highest BCUT2D eigenvalue weighted by atomic mass is 16.3. The third-order valence-corrected chi connectivity index (χ3v) is 8.10. The van der Waals surface area contributed by atoms with Gasteiger partial charge in [0.25, 0.3) is 0 Å². The van der Waals surface area contributed by atoms with Crippen molar-refractivity contribution in [3.8, 4) is 11.8 Å². The van der Waals surface area contributed by atoms with E-state index in [9.17, 15) is 9.90 Å². The maximum Gasteiger partial charge on any atom is 0.138 e. The molecular weight excluding hydrogens is 344 g/mol. The van der Waals surface area contributed by atoms with Crippen molar-refractivity contribution >= 4 is 5.78 Å². The molecule has 0 aromatic carbocycles. The van der Waals surface area contributed by atoms with Crippen LogP contribution in [0.5, 0.6) is 0 Å². The maximum absolute atomic E-state index is 11.9. The van der Waals surface area contributed by atoms with Gasteiger partial charge in [-0.25, -0.2) is 0 Å². The Morgan fingerprint density at radius 3 is 1.96 bits per heavy atom. The zero-order chi connectivity index (χ0) is 19.9. The molecule has 0 saturated heterocycles. The van der Waals surface area contributed by atoms with Gasteiger partial charge in [-0.1, -0.05) is 51.4 Å². The molecule has 2 nitrogen and oxygen atoms in total. The standard InChI is InChI=1S/C26H42O2/c1-3-5-19-8-13-22(14-9-19)23-15-10-20(11-16-23)6-7-21-12-17-24(25(27)4-2)26(28)18-21/h19-24,26,28H,3-5,8-18H2,1-2H3. The minimum Gasteiger partial charge on any atom is -0.392 e. The summed E-state index contributed by atoms with van der Waals surface area (Å²) < 4.78 is 0. The Bertz CT molecular complexity index is 541. The van der Waals surface area contributed by atoms with E-state index in [1.165, 1.54) is 64.2 Å². The fraction of sp³-hybridized carbons (Fsp3) is 0.885. The lowest BCUT2D eigenvalue weighted by Crippen LogP contribution is -2.34. The van der Waals surface area contributed by atoms with E-state index in [0.29, 0.717) is 24.7 Å². The third kappa shape index (κ3) is 5.85. The van der Waals surface area contributed by atoms with Crippen LogP contribution in [-0.2, 0) is 4.79 Å². The van der Waals surface area contributed by atoms with E-state index < -0.39 is 6.10 Å². The molecule has 3 aliphatic carbocycles. The Kier molecular flexibility index (Phi) is 8.46. The molecular formula is C26H42O2. The topological polar surface area (TPSA) is 37.3 Å². The Morgan fingerprint density at radius 1 is 0.821 bits per heavy atom. The number of carbonyl (C=O) groups excluding carboxylic acids is 1. The molecule has 0 aromatic rings. The number of hydrogen-bond acceptors (Lipinski definition) is 2. The van der Waals surface area contributed by atoms with Crippen molar-refractivity contribution in [1.82, 2.24) is 0 Å². The van der Waals surface area contributed by atoms with Crippen LogP contribution in [0.3, 0.4) is 0 Å². The second-order valence-electron chi connectivity index (χ2n) is 9.97. The lowest BCUT2D eigenvalue weighted by atomic mass is 9.69. The van der Waals surface area contributed by atoms with Crippen LogP contribution in [0.15, 0.2) is 0 Å². The Morgan fingerprint density at radius 2 is 1.39 bits per heavy atom. The van der Waals surface area contributed by atoms with Gasteiger partial charge in [0, 0.05) is 24.2 Å². The minimum atomic E-state index is -0.473. The van der Waals surface area contributed by atoms with Crippen molar-refractivity contribution in [2.45, 2.75) is 110 Å². The summed E-state index contributed by atoms with van der Waals surface area (Å²) in [4.78, 5) is 11.9. The molecule has 3 aliphatic rings. The van der Waals surface area contributed by atoms with Gasteiger partial charge in [-0.2, -0.15) is 0 Å². The van der Waals surface area contributed by atoms with Crippen molar-refractivity contribution < 1.29 is 9.90 Å². The first-order chi connectivity index (χ1) is 13.6. The van der Waals surface area contributed by atoms with Gasteiger partial charge in [0.05, 0.1) is 6.10 Å². The summed E-state index contributed by atoms with van der Waals surface area (Å²) in [6.45, 7) is 4.22. The number of carbonyl (C=O) groups is 1. The predicted octanol–water partition coefficient (Wildman–Crippen LogP) is 6.16. The van der Waals surface area contributed by atoms with Gasteiger partial charge >= 0.3 is 0 Å². The van der Waals surface area contributed by atoms with Crippen molar-refractivity contribution in [1.29, 1.82) is 0 Å². The monoisotopic (exact) mass is 386 g/mol. The number of ketones is 1. The highest BCUT2D eigenvalue weighted by Crippen LogP contribution is 2.42. The normalized spacial score (nSPS) is 39.0. The lowest BCUT2D eigenvalue weighted by molar-refractivity contribution is -0.127. The van der Waals surface area contributed by atoms with Crippen LogP contribution in [-0.4, -0.2) is 17.0 Å². The highest BCUT2D eigenvalue weighted by Gasteiger charge is 2.33. The van der Waals surface area contributed by atoms with Gasteiger partial charge < -0.3 is 5.11 Å².